The maximum absolute atomic E-state index is 11.4. The van der Waals surface area contributed by atoms with E-state index in [-0.39, 0.29) is 15.6 Å². The first kappa shape index (κ1) is 14.4. The molecule has 0 aromatic carbocycles. The zero-order valence-electron chi connectivity index (χ0n) is 8.76. The third-order valence-electron chi connectivity index (χ3n) is 1.75. The summed E-state index contributed by atoms with van der Waals surface area (Å²) in [5.74, 6) is -0.356. The highest BCUT2D eigenvalue weighted by Crippen LogP contribution is 2.17. The van der Waals surface area contributed by atoms with Crippen molar-refractivity contribution in [3.63, 3.8) is 0 Å². The molecule has 0 bridgehead atoms. The lowest BCUT2D eigenvalue weighted by molar-refractivity contribution is -0.117. The molecule has 1 aromatic heterocycles. The Morgan fingerprint density at radius 3 is 2.59 bits per heavy atom. The Morgan fingerprint density at radius 2 is 2.06 bits per heavy atom. The van der Waals surface area contributed by atoms with Crippen molar-refractivity contribution in [1.29, 1.82) is 0 Å². The maximum Gasteiger partial charge on any atom is 0.262 e. The van der Waals surface area contributed by atoms with Crippen LogP contribution in [-0.4, -0.2) is 5.91 Å². The van der Waals surface area contributed by atoms with Gasteiger partial charge in [0.1, 0.15) is 4.49 Å². The van der Waals surface area contributed by atoms with E-state index in [1.165, 1.54) is 6.08 Å². The molecule has 1 aromatic rings. The summed E-state index contributed by atoms with van der Waals surface area (Å²) < 4.78 is -0.148. The Kier molecular flexibility index (Phi) is 5.85. The van der Waals surface area contributed by atoms with E-state index in [0.717, 1.165) is 10.4 Å². The summed E-state index contributed by atoms with van der Waals surface area (Å²) in [5, 5.41) is 1.92. The van der Waals surface area contributed by atoms with E-state index in [9.17, 15) is 4.79 Å². The molecule has 0 fully saturated rings. The minimum absolute atomic E-state index is 0.0395. The van der Waals surface area contributed by atoms with Gasteiger partial charge in [-0.15, -0.1) is 11.3 Å². The molecule has 1 amide bonds. The Labute approximate surface area is 118 Å². The fraction of sp³-hybridized carbons (Fsp3) is 0.100. The summed E-state index contributed by atoms with van der Waals surface area (Å²) in [5.41, 5.74) is 5.80. The lowest BCUT2D eigenvalue weighted by atomic mass is 10.3. The van der Waals surface area contributed by atoms with Crippen LogP contribution in [0.4, 0.5) is 0 Å². The second kappa shape index (κ2) is 6.91. The topological polar surface area (TPSA) is 41.1 Å². The molecule has 1 heterocycles. The summed E-state index contributed by atoms with van der Waals surface area (Å²) in [4.78, 5) is 12.4. The van der Waals surface area contributed by atoms with Gasteiger partial charge in [0.2, 0.25) is 0 Å². The molecule has 0 spiro atoms. The highest BCUT2D eigenvalue weighted by Gasteiger charge is 2.00. The minimum atomic E-state index is -0.356. The van der Waals surface area contributed by atoms with E-state index in [0.29, 0.717) is 0 Å². The number of nitrogens with one attached hydrogen (secondary N) is 2. The van der Waals surface area contributed by atoms with Crippen LogP contribution in [0.5, 0.6) is 0 Å². The smallest absolute Gasteiger partial charge is 0.262 e. The predicted molar refractivity (Wildman–Crippen MR) is 74.0 cm³/mol. The first-order chi connectivity index (χ1) is 8.00. The molecule has 0 aliphatic carbocycles. The van der Waals surface area contributed by atoms with Gasteiger partial charge in [-0.25, -0.2) is 0 Å². The Morgan fingerprint density at radius 1 is 1.35 bits per heavy atom. The van der Waals surface area contributed by atoms with Crippen molar-refractivity contribution in [1.82, 2.24) is 10.9 Å². The SMILES string of the molecule is Cc1ccsc1C=CC(=O)NNC(Cl)=C(Cl)Cl. The summed E-state index contributed by atoms with van der Waals surface area (Å²) in [6.45, 7) is 1.97. The van der Waals surface area contributed by atoms with Crippen molar-refractivity contribution in [3.05, 3.63) is 37.6 Å². The molecule has 7 heteroatoms. The predicted octanol–water partition coefficient (Wildman–Crippen LogP) is 3.53. The summed E-state index contributed by atoms with van der Waals surface area (Å²) in [7, 11) is 0. The van der Waals surface area contributed by atoms with Gasteiger partial charge in [0.15, 0.2) is 5.16 Å². The van der Waals surface area contributed by atoms with Crippen molar-refractivity contribution in [2.45, 2.75) is 6.92 Å². The number of carbonyl (C=O) groups excluding carboxylic acids is 1. The molecular formula is C10H9Cl3N2OS. The number of hydrogen-bond donors (Lipinski definition) is 2. The number of halogens is 3. The molecule has 0 aliphatic heterocycles. The van der Waals surface area contributed by atoms with Crippen LogP contribution in [0.25, 0.3) is 6.08 Å². The molecular weight excluding hydrogens is 303 g/mol. The average Bonchev–Trinajstić information content (AvgIpc) is 2.68. The molecule has 0 saturated carbocycles. The first-order valence-corrected chi connectivity index (χ1v) is 6.51. The van der Waals surface area contributed by atoms with Crippen LogP contribution in [0.1, 0.15) is 10.4 Å². The van der Waals surface area contributed by atoms with Gasteiger partial charge in [-0.2, -0.15) is 0 Å². The van der Waals surface area contributed by atoms with Crippen LogP contribution in [-0.2, 0) is 4.79 Å². The van der Waals surface area contributed by atoms with Gasteiger partial charge in [0.25, 0.3) is 5.91 Å². The van der Waals surface area contributed by atoms with E-state index in [2.05, 4.69) is 10.9 Å². The van der Waals surface area contributed by atoms with E-state index >= 15 is 0 Å². The largest absolute Gasteiger partial charge is 0.286 e. The van der Waals surface area contributed by atoms with Crippen molar-refractivity contribution in [2.75, 3.05) is 0 Å². The van der Waals surface area contributed by atoms with E-state index in [1.807, 2.05) is 18.4 Å². The second-order valence-electron chi connectivity index (χ2n) is 2.99. The highest BCUT2D eigenvalue weighted by molar-refractivity contribution is 7.11. The number of hydrogen-bond acceptors (Lipinski definition) is 3. The van der Waals surface area contributed by atoms with Gasteiger partial charge >= 0.3 is 0 Å². The number of thiophene rings is 1. The fourth-order valence-corrected chi connectivity index (χ4v) is 1.87. The third kappa shape index (κ3) is 5.00. The highest BCUT2D eigenvalue weighted by atomic mass is 35.5. The van der Waals surface area contributed by atoms with Crippen molar-refractivity contribution in [2.24, 2.45) is 0 Å². The Balaban J connectivity index is 2.49. The summed E-state index contributed by atoms with van der Waals surface area (Å²) in [6, 6.07) is 1.98. The molecule has 0 atom stereocenters. The molecule has 92 valence electrons. The normalized spacial score (nSPS) is 10.4. The zero-order chi connectivity index (χ0) is 12.8. The number of carbonyl (C=O) groups is 1. The van der Waals surface area contributed by atoms with Gasteiger partial charge in [0.05, 0.1) is 0 Å². The number of amides is 1. The molecule has 0 saturated heterocycles. The number of hydrazine groups is 1. The minimum Gasteiger partial charge on any atom is -0.286 e. The number of rotatable bonds is 4. The van der Waals surface area contributed by atoms with Crippen molar-refractivity contribution >= 4 is 58.1 Å². The van der Waals surface area contributed by atoms with Crippen LogP contribution in [0.15, 0.2) is 27.2 Å². The molecule has 1 rings (SSSR count). The summed E-state index contributed by atoms with van der Waals surface area (Å²) in [6.07, 6.45) is 3.11. The molecule has 2 N–H and O–H groups in total. The Bertz CT molecular complexity index is 464. The van der Waals surface area contributed by atoms with Crippen LogP contribution in [0.3, 0.4) is 0 Å². The average molecular weight is 312 g/mol. The van der Waals surface area contributed by atoms with Gasteiger partial charge in [0, 0.05) is 11.0 Å². The molecule has 0 radical (unpaired) electrons. The van der Waals surface area contributed by atoms with Crippen LogP contribution < -0.4 is 10.9 Å². The van der Waals surface area contributed by atoms with Crippen LogP contribution in [0.2, 0.25) is 0 Å². The second-order valence-corrected chi connectivity index (χ2v) is 5.26. The van der Waals surface area contributed by atoms with Crippen LogP contribution in [0, 0.1) is 6.92 Å². The lowest BCUT2D eigenvalue weighted by Crippen LogP contribution is -2.34. The Hall–Kier alpha value is -0.680. The van der Waals surface area contributed by atoms with Gasteiger partial charge < -0.3 is 0 Å². The number of aryl methyl sites for hydroxylation is 1. The molecule has 17 heavy (non-hydrogen) atoms. The van der Waals surface area contributed by atoms with E-state index in [4.69, 9.17) is 34.8 Å². The monoisotopic (exact) mass is 310 g/mol. The standard InChI is InChI=1S/C10H9Cl3N2OS/c1-6-4-5-17-7(6)2-3-8(16)14-15-10(13)9(11)12/h2-5,15H,1H3,(H,14,16). The van der Waals surface area contributed by atoms with Crippen molar-refractivity contribution in [3.8, 4) is 0 Å². The first-order valence-electron chi connectivity index (χ1n) is 4.49. The fourth-order valence-electron chi connectivity index (χ4n) is 0.912. The molecule has 0 aliphatic rings. The van der Waals surface area contributed by atoms with Crippen molar-refractivity contribution < 1.29 is 4.79 Å². The van der Waals surface area contributed by atoms with E-state index in [1.54, 1.807) is 17.4 Å². The summed E-state index contributed by atoms with van der Waals surface area (Å²) >= 11 is 17.9. The van der Waals surface area contributed by atoms with Gasteiger partial charge in [-0.05, 0) is 30.0 Å². The van der Waals surface area contributed by atoms with Gasteiger partial charge in [-0.3, -0.25) is 15.6 Å². The molecule has 0 unspecified atom stereocenters. The van der Waals surface area contributed by atoms with Crippen LogP contribution >= 0.6 is 46.1 Å². The zero-order valence-corrected chi connectivity index (χ0v) is 11.8. The quantitative estimate of drug-likeness (QED) is 0.507. The molecule has 3 nitrogen and oxygen atoms in total. The maximum atomic E-state index is 11.4. The van der Waals surface area contributed by atoms with E-state index < -0.39 is 0 Å². The lowest BCUT2D eigenvalue weighted by Gasteiger charge is -2.04. The van der Waals surface area contributed by atoms with Gasteiger partial charge in [-0.1, -0.05) is 34.8 Å². The third-order valence-corrected chi connectivity index (χ3v) is 3.59.